The third-order valence-electron chi connectivity index (χ3n) is 4.12. The van der Waals surface area contributed by atoms with Crippen LogP contribution in [0.3, 0.4) is 0 Å². The largest absolute Gasteiger partial charge is 0.367 e. The van der Waals surface area contributed by atoms with Crippen LogP contribution in [0.25, 0.3) is 6.08 Å². The Morgan fingerprint density at radius 1 is 1.16 bits per heavy atom. The fraction of sp³-hybridized carbons (Fsp3) is 0.211. The van der Waals surface area contributed by atoms with Crippen LogP contribution < -0.4 is 4.90 Å². The number of hydrogen-bond acceptors (Lipinski definition) is 4. The second-order valence-electron chi connectivity index (χ2n) is 5.65. The van der Waals surface area contributed by atoms with E-state index in [1.165, 1.54) is 12.1 Å². The summed E-state index contributed by atoms with van der Waals surface area (Å²) in [5.74, 6) is -0.596. The summed E-state index contributed by atoms with van der Waals surface area (Å²) >= 11 is 0. The van der Waals surface area contributed by atoms with Crippen molar-refractivity contribution in [2.24, 2.45) is 0 Å². The first-order chi connectivity index (χ1) is 12.2. The number of amides is 1. The van der Waals surface area contributed by atoms with E-state index < -0.39 is 5.82 Å². The van der Waals surface area contributed by atoms with Gasteiger partial charge in [-0.1, -0.05) is 12.1 Å². The molecule has 1 saturated heterocycles. The molecule has 0 bridgehead atoms. The molecule has 1 aromatic carbocycles. The van der Waals surface area contributed by atoms with Crippen LogP contribution in [0.5, 0.6) is 0 Å². The molecule has 2 aromatic rings. The van der Waals surface area contributed by atoms with Gasteiger partial charge in [0, 0.05) is 38.5 Å². The number of anilines is 1. The van der Waals surface area contributed by atoms with E-state index in [-0.39, 0.29) is 11.5 Å². The summed E-state index contributed by atoms with van der Waals surface area (Å²) in [5, 5.41) is 9.15. The number of rotatable bonds is 3. The predicted molar refractivity (Wildman–Crippen MR) is 93.2 cm³/mol. The fourth-order valence-corrected chi connectivity index (χ4v) is 2.79. The van der Waals surface area contributed by atoms with Crippen molar-refractivity contribution in [3.63, 3.8) is 0 Å². The van der Waals surface area contributed by atoms with Gasteiger partial charge >= 0.3 is 0 Å². The molecule has 0 saturated carbocycles. The fourth-order valence-electron chi connectivity index (χ4n) is 2.79. The number of carbonyl (C=O) groups is 1. The molecular weight excluding hydrogens is 319 g/mol. The quantitative estimate of drug-likeness (QED) is 0.808. The number of nitriles is 1. The topological polar surface area (TPSA) is 60.2 Å². The second-order valence-corrected chi connectivity index (χ2v) is 5.65. The zero-order chi connectivity index (χ0) is 17.6. The summed E-state index contributed by atoms with van der Waals surface area (Å²) in [6.45, 7) is 2.15. The molecule has 5 nitrogen and oxygen atoms in total. The van der Waals surface area contributed by atoms with Crippen LogP contribution >= 0.6 is 0 Å². The van der Waals surface area contributed by atoms with Gasteiger partial charge in [-0.2, -0.15) is 5.26 Å². The maximum Gasteiger partial charge on any atom is 0.246 e. The SMILES string of the molecule is N#Cc1c(F)cccc1N1CCN(C(=O)/C=C/c2ccccn2)CC1. The third kappa shape index (κ3) is 3.83. The van der Waals surface area contributed by atoms with Gasteiger partial charge in [0.2, 0.25) is 5.91 Å². The Morgan fingerprint density at radius 3 is 2.64 bits per heavy atom. The number of pyridine rings is 1. The van der Waals surface area contributed by atoms with Crippen molar-refractivity contribution in [2.75, 3.05) is 31.1 Å². The minimum Gasteiger partial charge on any atom is -0.367 e. The number of benzene rings is 1. The van der Waals surface area contributed by atoms with E-state index in [1.807, 2.05) is 29.2 Å². The number of carbonyl (C=O) groups excluding carboxylic acids is 1. The zero-order valence-corrected chi connectivity index (χ0v) is 13.6. The molecule has 25 heavy (non-hydrogen) atoms. The van der Waals surface area contributed by atoms with E-state index in [0.717, 1.165) is 5.69 Å². The predicted octanol–water partition coefficient (Wildman–Crippen LogP) is 2.45. The third-order valence-corrected chi connectivity index (χ3v) is 4.12. The molecule has 0 radical (unpaired) electrons. The lowest BCUT2D eigenvalue weighted by Gasteiger charge is -2.36. The van der Waals surface area contributed by atoms with Crippen molar-refractivity contribution in [3.05, 3.63) is 65.7 Å². The zero-order valence-electron chi connectivity index (χ0n) is 13.6. The lowest BCUT2D eigenvalue weighted by molar-refractivity contribution is -0.126. The summed E-state index contributed by atoms with van der Waals surface area (Å²) < 4.78 is 13.7. The first kappa shape index (κ1) is 16.7. The van der Waals surface area contributed by atoms with Crippen LogP contribution in [0.1, 0.15) is 11.3 Å². The molecule has 2 heterocycles. The van der Waals surface area contributed by atoms with Crippen molar-refractivity contribution in [1.82, 2.24) is 9.88 Å². The number of piperazine rings is 1. The van der Waals surface area contributed by atoms with Gasteiger partial charge in [0.25, 0.3) is 0 Å². The molecule has 3 rings (SSSR count). The Kier molecular flexibility index (Phi) is 5.05. The molecule has 1 aliphatic heterocycles. The molecule has 0 N–H and O–H groups in total. The number of hydrogen-bond donors (Lipinski definition) is 0. The van der Waals surface area contributed by atoms with Gasteiger partial charge in [0.05, 0.1) is 11.4 Å². The molecule has 0 spiro atoms. The Morgan fingerprint density at radius 2 is 1.96 bits per heavy atom. The minimum atomic E-state index is -0.517. The smallest absolute Gasteiger partial charge is 0.246 e. The van der Waals surface area contributed by atoms with Crippen LogP contribution in [0, 0.1) is 17.1 Å². The number of aromatic nitrogens is 1. The van der Waals surface area contributed by atoms with E-state index in [9.17, 15) is 9.18 Å². The highest BCUT2D eigenvalue weighted by Gasteiger charge is 2.22. The van der Waals surface area contributed by atoms with E-state index in [4.69, 9.17) is 5.26 Å². The Labute approximate surface area is 145 Å². The minimum absolute atomic E-state index is 0.0531. The van der Waals surface area contributed by atoms with Gasteiger partial charge in [0.1, 0.15) is 17.4 Å². The summed E-state index contributed by atoms with van der Waals surface area (Å²) in [7, 11) is 0. The average molecular weight is 336 g/mol. The van der Waals surface area contributed by atoms with Gasteiger partial charge in [0.15, 0.2) is 0 Å². The molecule has 1 fully saturated rings. The van der Waals surface area contributed by atoms with Crippen molar-refractivity contribution >= 4 is 17.7 Å². The van der Waals surface area contributed by atoms with Crippen LogP contribution in [0.2, 0.25) is 0 Å². The van der Waals surface area contributed by atoms with Crippen molar-refractivity contribution in [3.8, 4) is 6.07 Å². The molecule has 1 aliphatic rings. The monoisotopic (exact) mass is 336 g/mol. The van der Waals surface area contributed by atoms with E-state index in [0.29, 0.717) is 31.9 Å². The van der Waals surface area contributed by atoms with Crippen LogP contribution in [-0.4, -0.2) is 42.0 Å². The summed E-state index contributed by atoms with van der Waals surface area (Å²) in [6, 6.07) is 12.0. The van der Waals surface area contributed by atoms with Gasteiger partial charge < -0.3 is 9.80 Å². The van der Waals surface area contributed by atoms with E-state index >= 15 is 0 Å². The van der Waals surface area contributed by atoms with Crippen molar-refractivity contribution in [1.29, 1.82) is 5.26 Å². The first-order valence-electron chi connectivity index (χ1n) is 8.00. The average Bonchev–Trinajstić information content (AvgIpc) is 2.67. The molecular formula is C19H17FN4O. The Bertz CT molecular complexity index is 821. The lowest BCUT2D eigenvalue weighted by Crippen LogP contribution is -2.48. The molecule has 0 unspecified atom stereocenters. The standard InChI is InChI=1S/C19H17FN4O/c20-17-5-3-6-18(16(17)14-21)23-10-12-24(13-11-23)19(25)8-7-15-4-1-2-9-22-15/h1-9H,10-13H2/b8-7+. The van der Waals surface area contributed by atoms with Crippen LogP contribution in [-0.2, 0) is 4.79 Å². The molecule has 1 aromatic heterocycles. The summed E-state index contributed by atoms with van der Waals surface area (Å²) in [4.78, 5) is 20.1. The highest BCUT2D eigenvalue weighted by atomic mass is 19.1. The molecule has 126 valence electrons. The highest BCUT2D eigenvalue weighted by Crippen LogP contribution is 2.23. The highest BCUT2D eigenvalue weighted by molar-refractivity contribution is 5.91. The van der Waals surface area contributed by atoms with Crippen molar-refractivity contribution in [2.45, 2.75) is 0 Å². The summed E-state index contributed by atoms with van der Waals surface area (Å²) in [5.41, 5.74) is 1.36. The Hall–Kier alpha value is -3.20. The molecule has 6 heteroatoms. The number of halogens is 1. The van der Waals surface area contributed by atoms with Gasteiger partial charge in [-0.25, -0.2) is 4.39 Å². The van der Waals surface area contributed by atoms with Crippen LogP contribution in [0.4, 0.5) is 10.1 Å². The maximum absolute atomic E-state index is 13.7. The molecule has 1 amide bonds. The maximum atomic E-state index is 13.7. The normalized spacial score (nSPS) is 14.6. The molecule has 0 atom stereocenters. The van der Waals surface area contributed by atoms with Gasteiger partial charge in [-0.3, -0.25) is 9.78 Å². The second kappa shape index (κ2) is 7.58. The Balaban J connectivity index is 1.62. The lowest BCUT2D eigenvalue weighted by atomic mass is 10.1. The van der Waals surface area contributed by atoms with Gasteiger partial charge in [-0.05, 0) is 30.3 Å². The summed E-state index contributed by atoms with van der Waals surface area (Å²) in [6.07, 6.45) is 4.88. The van der Waals surface area contributed by atoms with Gasteiger partial charge in [-0.15, -0.1) is 0 Å². The molecule has 0 aliphatic carbocycles. The first-order valence-corrected chi connectivity index (χ1v) is 8.00. The van der Waals surface area contributed by atoms with E-state index in [2.05, 4.69) is 4.98 Å². The van der Waals surface area contributed by atoms with Crippen molar-refractivity contribution < 1.29 is 9.18 Å². The number of nitrogens with zero attached hydrogens (tertiary/aromatic N) is 4. The van der Waals surface area contributed by atoms with E-state index in [1.54, 1.807) is 29.3 Å². The van der Waals surface area contributed by atoms with Crippen LogP contribution in [0.15, 0.2) is 48.7 Å².